The molecule has 0 fully saturated rings. The minimum absolute atomic E-state index is 0.140. The number of aryl methyl sites for hydroxylation is 1. The molecule has 1 heterocycles. The zero-order valence-corrected chi connectivity index (χ0v) is 17.4. The van der Waals surface area contributed by atoms with Crippen molar-refractivity contribution < 1.29 is 13.0 Å². The third-order valence-electron chi connectivity index (χ3n) is 4.31. The predicted octanol–water partition coefficient (Wildman–Crippen LogP) is 4.73. The zero-order valence-electron chi connectivity index (χ0n) is 14.8. The highest BCUT2D eigenvalue weighted by Crippen LogP contribution is 2.31. The number of nitrogens with zero attached hydrogens (tertiary/aromatic N) is 2. The minimum atomic E-state index is -4.39. The van der Waals surface area contributed by atoms with Gasteiger partial charge in [0.15, 0.2) is 0 Å². The molecule has 1 aliphatic carbocycles. The molecule has 0 atom stereocenters. The molecule has 0 amide bonds. The second-order valence-corrected chi connectivity index (χ2v) is 9.25. The van der Waals surface area contributed by atoms with Crippen LogP contribution in [0.4, 0.5) is 5.69 Å². The summed E-state index contributed by atoms with van der Waals surface area (Å²) in [7, 11) is -4.39. The summed E-state index contributed by atoms with van der Waals surface area (Å²) < 4.78 is 33.8. The Bertz CT molecular complexity index is 1340. The second-order valence-electron chi connectivity index (χ2n) is 6.26. The molecule has 28 heavy (non-hydrogen) atoms. The summed E-state index contributed by atoms with van der Waals surface area (Å²) in [5.41, 5.74) is 3.18. The molecular weight excluding hydrogens is 412 g/mol. The van der Waals surface area contributed by atoms with Crippen molar-refractivity contribution in [1.82, 2.24) is 4.98 Å². The smallest absolute Gasteiger partial charge is 0.282 e. The molecule has 0 radical (unpaired) electrons. The lowest BCUT2D eigenvalue weighted by Gasteiger charge is -2.07. The first-order chi connectivity index (χ1) is 13.3. The third kappa shape index (κ3) is 3.81. The Morgan fingerprint density at radius 2 is 1.93 bits per heavy atom. The van der Waals surface area contributed by atoms with Gasteiger partial charge in [0, 0.05) is 4.90 Å². The van der Waals surface area contributed by atoms with Crippen LogP contribution in [0.3, 0.4) is 0 Å². The van der Waals surface area contributed by atoms with Crippen molar-refractivity contribution >= 4 is 50.0 Å². The van der Waals surface area contributed by atoms with Crippen LogP contribution in [0.15, 0.2) is 69.4 Å². The average Bonchev–Trinajstić information content (AvgIpc) is 2.65. The van der Waals surface area contributed by atoms with Crippen LogP contribution in [-0.2, 0) is 16.5 Å². The van der Waals surface area contributed by atoms with E-state index in [-0.39, 0.29) is 10.6 Å². The van der Waals surface area contributed by atoms with Gasteiger partial charge >= 0.3 is 0 Å². The predicted molar refractivity (Wildman–Crippen MR) is 114 cm³/mol. The standard InChI is InChI=1S/C20H16N2O3S3/c1-2-12-3-7-18-16(9-12)22-15-6-4-13(10-19(15)27-18)21-17-11-14(26)5-8-20(17)28(23,24)25/h3-11,26H,2H2,1H3,(H,23,24,25)/b21-13-. The molecule has 0 saturated carbocycles. The van der Waals surface area contributed by atoms with Crippen LogP contribution in [0.25, 0.3) is 20.8 Å². The van der Waals surface area contributed by atoms with Crippen molar-refractivity contribution in [2.45, 2.75) is 23.1 Å². The maximum absolute atomic E-state index is 11.6. The highest BCUT2D eigenvalue weighted by atomic mass is 32.2. The summed E-state index contributed by atoms with van der Waals surface area (Å²) in [5.74, 6) is 0. The molecule has 2 aromatic rings. The van der Waals surface area contributed by atoms with Gasteiger partial charge < -0.3 is 0 Å². The average molecular weight is 429 g/mol. The van der Waals surface area contributed by atoms with Gasteiger partial charge in [0.1, 0.15) is 4.90 Å². The van der Waals surface area contributed by atoms with Crippen LogP contribution in [0.1, 0.15) is 12.5 Å². The number of hydrogen-bond donors (Lipinski definition) is 2. The van der Waals surface area contributed by atoms with Crippen molar-refractivity contribution in [2.24, 2.45) is 4.99 Å². The lowest BCUT2D eigenvalue weighted by atomic mass is 10.1. The van der Waals surface area contributed by atoms with E-state index in [1.165, 1.54) is 23.8 Å². The van der Waals surface area contributed by atoms with E-state index in [0.29, 0.717) is 10.3 Å². The number of benzene rings is 3. The topological polar surface area (TPSA) is 79.6 Å². The van der Waals surface area contributed by atoms with Crippen LogP contribution < -0.4 is 5.36 Å². The number of aromatic nitrogens is 1. The van der Waals surface area contributed by atoms with Gasteiger partial charge in [0.05, 0.1) is 31.8 Å². The fourth-order valence-electron chi connectivity index (χ4n) is 2.90. The van der Waals surface area contributed by atoms with Crippen LogP contribution in [0.5, 0.6) is 0 Å². The van der Waals surface area contributed by atoms with Crippen molar-refractivity contribution in [1.29, 1.82) is 0 Å². The van der Waals surface area contributed by atoms with Gasteiger partial charge in [-0.2, -0.15) is 8.42 Å². The largest absolute Gasteiger partial charge is 0.296 e. The molecule has 5 nitrogen and oxygen atoms in total. The monoisotopic (exact) mass is 428 g/mol. The van der Waals surface area contributed by atoms with E-state index in [1.54, 1.807) is 17.4 Å². The lowest BCUT2D eigenvalue weighted by molar-refractivity contribution is 0.483. The SMILES string of the molecule is CCc1ccc2sc3c/c(=N\c4cc(S)ccc4S(=O)(=O)O)ccc-3nc2c1. The minimum Gasteiger partial charge on any atom is -0.282 e. The summed E-state index contributed by atoms with van der Waals surface area (Å²) in [4.78, 5) is 10.4. The van der Waals surface area contributed by atoms with E-state index in [9.17, 15) is 13.0 Å². The van der Waals surface area contributed by atoms with Gasteiger partial charge in [0.25, 0.3) is 10.1 Å². The van der Waals surface area contributed by atoms with Gasteiger partial charge in [-0.3, -0.25) is 4.55 Å². The molecule has 1 aliphatic heterocycles. The molecule has 0 bridgehead atoms. The molecule has 4 rings (SSSR count). The Balaban J connectivity index is 1.90. The maximum Gasteiger partial charge on any atom is 0.296 e. The van der Waals surface area contributed by atoms with Crippen LogP contribution >= 0.6 is 24.0 Å². The first kappa shape index (κ1) is 19.1. The zero-order chi connectivity index (χ0) is 19.9. The van der Waals surface area contributed by atoms with E-state index in [4.69, 9.17) is 4.98 Å². The van der Waals surface area contributed by atoms with Crippen LogP contribution in [0, 0.1) is 0 Å². The number of rotatable bonds is 3. The quantitative estimate of drug-likeness (QED) is 0.281. The number of fused-ring (bicyclic) bond motifs is 2. The summed E-state index contributed by atoms with van der Waals surface area (Å²) in [6.07, 6.45) is 0.957. The Kier molecular flexibility index (Phi) is 4.96. The highest BCUT2D eigenvalue weighted by molar-refractivity contribution is 7.86. The molecule has 0 spiro atoms. The van der Waals surface area contributed by atoms with E-state index in [2.05, 4.69) is 42.7 Å². The fraction of sp³-hybridized carbons (Fsp3) is 0.100. The van der Waals surface area contributed by atoms with Gasteiger partial charge in [-0.25, -0.2) is 9.98 Å². The lowest BCUT2D eigenvalue weighted by Crippen LogP contribution is -2.04. The fourth-order valence-corrected chi connectivity index (χ4v) is 4.69. The normalized spacial score (nSPS) is 12.8. The van der Waals surface area contributed by atoms with Crippen molar-refractivity contribution in [3.63, 3.8) is 0 Å². The Labute approximate surface area is 171 Å². The van der Waals surface area contributed by atoms with Gasteiger partial charge in [-0.15, -0.1) is 24.0 Å². The number of thiol groups is 1. The first-order valence-corrected chi connectivity index (χ1v) is 11.2. The van der Waals surface area contributed by atoms with Crippen molar-refractivity contribution in [3.05, 3.63) is 65.5 Å². The summed E-state index contributed by atoms with van der Waals surface area (Å²) in [6, 6.07) is 16.0. The Morgan fingerprint density at radius 1 is 1.11 bits per heavy atom. The Hall–Kier alpha value is -2.26. The molecule has 0 unspecified atom stereocenters. The molecule has 2 aliphatic rings. The van der Waals surface area contributed by atoms with Crippen LogP contribution in [0.2, 0.25) is 0 Å². The van der Waals surface area contributed by atoms with Gasteiger partial charge in [0.2, 0.25) is 0 Å². The summed E-state index contributed by atoms with van der Waals surface area (Å²) >= 11 is 5.84. The molecule has 8 heteroatoms. The van der Waals surface area contributed by atoms with E-state index in [1.807, 2.05) is 12.1 Å². The Morgan fingerprint density at radius 3 is 2.68 bits per heavy atom. The first-order valence-electron chi connectivity index (χ1n) is 8.52. The molecule has 0 aromatic heterocycles. The van der Waals surface area contributed by atoms with E-state index < -0.39 is 10.1 Å². The molecule has 2 aromatic carbocycles. The van der Waals surface area contributed by atoms with Gasteiger partial charge in [-0.1, -0.05) is 13.0 Å². The highest BCUT2D eigenvalue weighted by Gasteiger charge is 2.15. The molecule has 142 valence electrons. The van der Waals surface area contributed by atoms with Crippen LogP contribution in [-0.4, -0.2) is 18.0 Å². The van der Waals surface area contributed by atoms with E-state index >= 15 is 0 Å². The second kappa shape index (κ2) is 7.29. The van der Waals surface area contributed by atoms with Crippen molar-refractivity contribution in [2.75, 3.05) is 0 Å². The molecule has 0 saturated heterocycles. The van der Waals surface area contributed by atoms with E-state index in [0.717, 1.165) is 27.2 Å². The molecule has 1 N–H and O–H groups in total. The summed E-state index contributed by atoms with van der Waals surface area (Å²) in [5, 5.41) is 0.568. The van der Waals surface area contributed by atoms with Gasteiger partial charge in [-0.05, 0) is 60.5 Å². The summed E-state index contributed by atoms with van der Waals surface area (Å²) in [6.45, 7) is 2.11. The molecular formula is C20H16N2O3S3. The maximum atomic E-state index is 11.6. The van der Waals surface area contributed by atoms with Crippen molar-refractivity contribution in [3.8, 4) is 10.6 Å². The number of hydrogen-bond acceptors (Lipinski definition) is 6. The third-order valence-corrected chi connectivity index (χ3v) is 6.60.